The van der Waals surface area contributed by atoms with Crippen LogP contribution in [0.25, 0.3) is 0 Å². The molecule has 5 nitrogen and oxygen atoms in total. The van der Waals surface area contributed by atoms with Gasteiger partial charge in [0.15, 0.2) is 6.61 Å². The molecule has 0 radical (unpaired) electrons. The van der Waals surface area contributed by atoms with Gasteiger partial charge in [0.1, 0.15) is 5.75 Å². The molecule has 2 N–H and O–H groups in total. The Kier molecular flexibility index (Phi) is 7.00. The summed E-state index contributed by atoms with van der Waals surface area (Å²) in [7, 11) is 0. The van der Waals surface area contributed by atoms with E-state index in [9.17, 15) is 4.79 Å². The van der Waals surface area contributed by atoms with Crippen molar-refractivity contribution in [3.05, 3.63) is 77.0 Å². The van der Waals surface area contributed by atoms with E-state index in [0.29, 0.717) is 11.8 Å². The van der Waals surface area contributed by atoms with E-state index >= 15 is 0 Å². The fourth-order valence-electron chi connectivity index (χ4n) is 3.62. The highest BCUT2D eigenvalue weighted by molar-refractivity contribution is 7.07. The molecule has 4 rings (SSSR count). The van der Waals surface area contributed by atoms with Crippen LogP contribution in [-0.4, -0.2) is 31.6 Å². The summed E-state index contributed by atoms with van der Waals surface area (Å²) in [5.41, 5.74) is 3.35. The first-order valence-electron chi connectivity index (χ1n) is 10.3. The Morgan fingerprint density at radius 2 is 1.80 bits per heavy atom. The molecule has 0 aliphatic carbocycles. The minimum atomic E-state index is -0.163. The molecule has 1 fully saturated rings. The zero-order chi connectivity index (χ0) is 20.6. The van der Waals surface area contributed by atoms with Crippen LogP contribution in [-0.2, 0) is 11.3 Å². The molecule has 1 saturated heterocycles. The second-order valence-electron chi connectivity index (χ2n) is 7.47. The van der Waals surface area contributed by atoms with Gasteiger partial charge < -0.3 is 20.3 Å². The molecule has 2 aromatic carbocycles. The third kappa shape index (κ3) is 5.84. The molecule has 2 heterocycles. The summed E-state index contributed by atoms with van der Waals surface area (Å²) in [6.07, 6.45) is 2.28. The number of rotatable bonds is 8. The maximum atomic E-state index is 12.1. The average Bonchev–Trinajstić information content (AvgIpc) is 3.32. The molecule has 0 unspecified atom stereocenters. The number of para-hydroxylation sites is 1. The summed E-state index contributed by atoms with van der Waals surface area (Å²) in [5, 5.41) is 10.9. The SMILES string of the molecule is O=C(COc1ccccc1)Nc1ccc(N2CCC(NCc3ccsc3)CC2)cc1. The lowest BCUT2D eigenvalue weighted by Gasteiger charge is -2.34. The van der Waals surface area contributed by atoms with E-state index in [1.54, 1.807) is 11.3 Å². The molecular formula is C24H27N3O2S. The number of hydrogen-bond donors (Lipinski definition) is 2. The Hall–Kier alpha value is -2.83. The first-order chi connectivity index (χ1) is 14.8. The van der Waals surface area contributed by atoms with Crippen molar-refractivity contribution >= 4 is 28.6 Å². The molecule has 1 amide bonds. The normalized spacial score (nSPS) is 14.5. The average molecular weight is 422 g/mol. The number of amides is 1. The lowest BCUT2D eigenvalue weighted by Crippen LogP contribution is -2.42. The third-order valence-corrected chi connectivity index (χ3v) is 6.03. The lowest BCUT2D eigenvalue weighted by molar-refractivity contribution is -0.118. The van der Waals surface area contributed by atoms with E-state index in [1.165, 1.54) is 11.3 Å². The highest BCUT2D eigenvalue weighted by atomic mass is 32.1. The van der Waals surface area contributed by atoms with Crippen LogP contribution in [0.3, 0.4) is 0 Å². The van der Waals surface area contributed by atoms with Gasteiger partial charge in [0.2, 0.25) is 0 Å². The van der Waals surface area contributed by atoms with Crippen LogP contribution in [0.5, 0.6) is 5.75 Å². The van der Waals surface area contributed by atoms with Gasteiger partial charge in [0.25, 0.3) is 5.91 Å². The first kappa shape index (κ1) is 20.4. The van der Waals surface area contributed by atoms with E-state index in [0.717, 1.165) is 38.2 Å². The molecular weight excluding hydrogens is 394 g/mol. The Labute approximate surface area is 181 Å². The van der Waals surface area contributed by atoms with Crippen molar-refractivity contribution in [3.63, 3.8) is 0 Å². The van der Waals surface area contributed by atoms with Crippen molar-refractivity contribution in [1.82, 2.24) is 5.32 Å². The lowest BCUT2D eigenvalue weighted by atomic mass is 10.0. The van der Waals surface area contributed by atoms with Crippen molar-refractivity contribution < 1.29 is 9.53 Å². The largest absolute Gasteiger partial charge is 0.484 e. The molecule has 3 aromatic rings. The minimum absolute atomic E-state index is 0.00232. The van der Waals surface area contributed by atoms with Crippen LogP contribution < -0.4 is 20.3 Å². The van der Waals surface area contributed by atoms with Crippen molar-refractivity contribution in [2.24, 2.45) is 0 Å². The van der Waals surface area contributed by atoms with E-state index in [1.807, 2.05) is 42.5 Å². The van der Waals surface area contributed by atoms with Crippen molar-refractivity contribution in [2.75, 3.05) is 29.9 Å². The summed E-state index contributed by atoms with van der Waals surface area (Å²) < 4.78 is 5.49. The Morgan fingerprint density at radius 3 is 2.50 bits per heavy atom. The number of ether oxygens (including phenoxy) is 1. The molecule has 1 aliphatic rings. The second-order valence-corrected chi connectivity index (χ2v) is 8.25. The van der Waals surface area contributed by atoms with Crippen LogP contribution in [0.2, 0.25) is 0 Å². The van der Waals surface area contributed by atoms with Crippen LogP contribution in [0, 0.1) is 0 Å². The van der Waals surface area contributed by atoms with Gasteiger partial charge in [-0.3, -0.25) is 4.79 Å². The van der Waals surface area contributed by atoms with Gasteiger partial charge in [-0.15, -0.1) is 0 Å². The monoisotopic (exact) mass is 421 g/mol. The molecule has 30 heavy (non-hydrogen) atoms. The summed E-state index contributed by atoms with van der Waals surface area (Å²) in [6, 6.07) is 20.2. The molecule has 0 atom stereocenters. The third-order valence-electron chi connectivity index (χ3n) is 5.30. The maximum absolute atomic E-state index is 12.1. The molecule has 0 spiro atoms. The molecule has 1 aromatic heterocycles. The van der Waals surface area contributed by atoms with Gasteiger partial charge in [0, 0.05) is 37.1 Å². The number of anilines is 2. The van der Waals surface area contributed by atoms with Crippen molar-refractivity contribution in [1.29, 1.82) is 0 Å². The van der Waals surface area contributed by atoms with Gasteiger partial charge in [-0.2, -0.15) is 11.3 Å². The van der Waals surface area contributed by atoms with Gasteiger partial charge in [-0.25, -0.2) is 0 Å². The maximum Gasteiger partial charge on any atom is 0.262 e. The zero-order valence-corrected chi connectivity index (χ0v) is 17.7. The van der Waals surface area contributed by atoms with Crippen molar-refractivity contribution in [2.45, 2.75) is 25.4 Å². The number of hydrogen-bond acceptors (Lipinski definition) is 5. The number of thiophene rings is 1. The van der Waals surface area contributed by atoms with Crippen LogP contribution in [0.15, 0.2) is 71.4 Å². The van der Waals surface area contributed by atoms with E-state index in [4.69, 9.17) is 4.74 Å². The van der Waals surface area contributed by atoms with Gasteiger partial charge in [-0.05, 0) is 71.6 Å². The quantitative estimate of drug-likeness (QED) is 0.561. The summed E-state index contributed by atoms with van der Waals surface area (Å²) >= 11 is 1.75. The predicted octanol–water partition coefficient (Wildman–Crippen LogP) is 4.52. The highest BCUT2D eigenvalue weighted by Gasteiger charge is 2.19. The molecule has 0 bridgehead atoms. The van der Waals surface area contributed by atoms with Crippen LogP contribution >= 0.6 is 11.3 Å². The molecule has 1 aliphatic heterocycles. The number of carbonyl (C=O) groups excluding carboxylic acids is 1. The summed E-state index contributed by atoms with van der Waals surface area (Å²) in [5.74, 6) is 0.528. The number of nitrogens with zero attached hydrogens (tertiary/aromatic N) is 1. The summed E-state index contributed by atoms with van der Waals surface area (Å²) in [6.45, 7) is 3.03. The van der Waals surface area contributed by atoms with Crippen LogP contribution in [0.4, 0.5) is 11.4 Å². The standard InChI is InChI=1S/C24H27N3O2S/c28-24(17-29-23-4-2-1-3-5-23)26-21-6-8-22(9-7-21)27-13-10-20(11-14-27)25-16-19-12-15-30-18-19/h1-9,12,15,18,20,25H,10-11,13-14,16-17H2,(H,26,28). The Bertz CT molecular complexity index is 905. The number of carbonyl (C=O) groups is 1. The summed E-state index contributed by atoms with van der Waals surface area (Å²) in [4.78, 5) is 14.5. The number of benzene rings is 2. The smallest absolute Gasteiger partial charge is 0.262 e. The van der Waals surface area contributed by atoms with E-state index in [-0.39, 0.29) is 12.5 Å². The minimum Gasteiger partial charge on any atom is -0.484 e. The van der Waals surface area contributed by atoms with Gasteiger partial charge in [0.05, 0.1) is 0 Å². The van der Waals surface area contributed by atoms with E-state index in [2.05, 4.69) is 44.5 Å². The Morgan fingerprint density at radius 1 is 1.03 bits per heavy atom. The topological polar surface area (TPSA) is 53.6 Å². The fourth-order valence-corrected chi connectivity index (χ4v) is 4.28. The number of nitrogens with one attached hydrogen (secondary N) is 2. The van der Waals surface area contributed by atoms with Gasteiger partial charge in [-0.1, -0.05) is 18.2 Å². The van der Waals surface area contributed by atoms with Crippen molar-refractivity contribution in [3.8, 4) is 5.75 Å². The predicted molar refractivity (Wildman–Crippen MR) is 123 cm³/mol. The molecule has 0 saturated carbocycles. The van der Waals surface area contributed by atoms with E-state index < -0.39 is 0 Å². The Balaban J connectivity index is 1.20. The highest BCUT2D eigenvalue weighted by Crippen LogP contribution is 2.22. The van der Waals surface area contributed by atoms with Gasteiger partial charge >= 0.3 is 0 Å². The zero-order valence-electron chi connectivity index (χ0n) is 16.9. The fraction of sp³-hybridized carbons (Fsp3) is 0.292. The second kappa shape index (κ2) is 10.3. The number of piperidine rings is 1. The van der Waals surface area contributed by atoms with Crippen LogP contribution in [0.1, 0.15) is 18.4 Å². The molecule has 6 heteroatoms. The molecule has 156 valence electrons. The first-order valence-corrected chi connectivity index (χ1v) is 11.3.